The van der Waals surface area contributed by atoms with E-state index >= 15 is 0 Å². The number of hydrogen-bond acceptors (Lipinski definition) is 3. The summed E-state index contributed by atoms with van der Waals surface area (Å²) in [5, 5.41) is 12.8. The van der Waals surface area contributed by atoms with E-state index in [0.717, 1.165) is 5.69 Å². The van der Waals surface area contributed by atoms with Crippen LogP contribution >= 0.6 is 0 Å². The summed E-state index contributed by atoms with van der Waals surface area (Å²) in [4.78, 5) is 0. The number of aryl methyl sites for hydroxylation is 1. The lowest BCUT2D eigenvalue weighted by Crippen LogP contribution is -2.04. The number of aromatic nitrogens is 1. The minimum Gasteiger partial charge on any atom is -0.389 e. The second-order valence-electron chi connectivity index (χ2n) is 2.44. The zero-order chi connectivity index (χ0) is 8.27. The fraction of sp³-hybridized carbons (Fsp3) is 0.375. The standard InChI is InChI=1S/C8H11NO2/c1-3-7(10)5-8-4-6(2)9-11-8/h3-4,7,10H,1,5H2,2H3. The lowest BCUT2D eigenvalue weighted by atomic mass is 10.2. The van der Waals surface area contributed by atoms with Crippen molar-refractivity contribution in [2.75, 3.05) is 0 Å². The van der Waals surface area contributed by atoms with Gasteiger partial charge < -0.3 is 9.63 Å². The van der Waals surface area contributed by atoms with Crippen LogP contribution in [0.25, 0.3) is 0 Å². The highest BCUT2D eigenvalue weighted by molar-refractivity contribution is 5.05. The van der Waals surface area contributed by atoms with Crippen LogP contribution < -0.4 is 0 Å². The Labute approximate surface area is 65.3 Å². The second kappa shape index (κ2) is 3.34. The summed E-state index contributed by atoms with van der Waals surface area (Å²) in [5.41, 5.74) is 0.830. The maximum Gasteiger partial charge on any atom is 0.139 e. The van der Waals surface area contributed by atoms with Crippen LogP contribution in [-0.4, -0.2) is 16.4 Å². The fourth-order valence-electron chi connectivity index (χ4n) is 0.802. The van der Waals surface area contributed by atoms with E-state index < -0.39 is 6.10 Å². The topological polar surface area (TPSA) is 46.3 Å². The minimum absolute atomic E-state index is 0.449. The maximum atomic E-state index is 9.11. The summed E-state index contributed by atoms with van der Waals surface area (Å²) in [6.45, 7) is 5.29. The van der Waals surface area contributed by atoms with Gasteiger partial charge >= 0.3 is 0 Å². The summed E-state index contributed by atoms with van der Waals surface area (Å²) in [6, 6.07) is 1.80. The highest BCUT2D eigenvalue weighted by Crippen LogP contribution is 2.05. The van der Waals surface area contributed by atoms with Crippen molar-refractivity contribution in [1.82, 2.24) is 5.16 Å². The van der Waals surface area contributed by atoms with Gasteiger partial charge in [-0.25, -0.2) is 0 Å². The molecule has 11 heavy (non-hydrogen) atoms. The van der Waals surface area contributed by atoms with Gasteiger partial charge in [0.05, 0.1) is 11.8 Å². The van der Waals surface area contributed by atoms with Crippen molar-refractivity contribution in [3.8, 4) is 0 Å². The first-order chi connectivity index (χ1) is 5.22. The zero-order valence-corrected chi connectivity index (χ0v) is 6.45. The lowest BCUT2D eigenvalue weighted by molar-refractivity contribution is 0.209. The van der Waals surface area contributed by atoms with Crippen LogP contribution in [0, 0.1) is 6.92 Å². The monoisotopic (exact) mass is 153 g/mol. The lowest BCUT2D eigenvalue weighted by Gasteiger charge is -1.98. The molecule has 0 radical (unpaired) electrons. The van der Waals surface area contributed by atoms with Gasteiger partial charge in [-0.15, -0.1) is 6.58 Å². The molecule has 1 N–H and O–H groups in total. The van der Waals surface area contributed by atoms with Gasteiger partial charge in [-0.2, -0.15) is 0 Å². The first-order valence-electron chi connectivity index (χ1n) is 3.45. The van der Waals surface area contributed by atoms with E-state index in [0.29, 0.717) is 12.2 Å². The number of nitrogens with zero attached hydrogens (tertiary/aromatic N) is 1. The first kappa shape index (κ1) is 8.01. The van der Waals surface area contributed by atoms with E-state index in [-0.39, 0.29) is 0 Å². The molecule has 60 valence electrons. The molecular formula is C8H11NO2. The van der Waals surface area contributed by atoms with E-state index in [1.807, 2.05) is 6.92 Å². The molecule has 0 aliphatic heterocycles. The zero-order valence-electron chi connectivity index (χ0n) is 6.45. The second-order valence-corrected chi connectivity index (χ2v) is 2.44. The number of aliphatic hydroxyl groups excluding tert-OH is 1. The first-order valence-corrected chi connectivity index (χ1v) is 3.45. The Bertz CT molecular complexity index is 242. The Morgan fingerprint density at radius 2 is 2.64 bits per heavy atom. The highest BCUT2D eigenvalue weighted by atomic mass is 16.5. The Morgan fingerprint density at radius 1 is 1.91 bits per heavy atom. The van der Waals surface area contributed by atoms with Crippen molar-refractivity contribution in [3.05, 3.63) is 30.2 Å². The maximum absolute atomic E-state index is 9.11. The van der Waals surface area contributed by atoms with Crippen molar-refractivity contribution in [2.24, 2.45) is 0 Å². The molecule has 0 aromatic carbocycles. The molecule has 3 heteroatoms. The van der Waals surface area contributed by atoms with Gasteiger partial charge in [0.1, 0.15) is 5.76 Å². The van der Waals surface area contributed by atoms with Crippen molar-refractivity contribution in [3.63, 3.8) is 0 Å². The van der Waals surface area contributed by atoms with Gasteiger partial charge in [0.2, 0.25) is 0 Å². The third kappa shape index (κ3) is 2.20. The fourth-order valence-corrected chi connectivity index (χ4v) is 0.802. The molecule has 0 amide bonds. The predicted octanol–water partition coefficient (Wildman–Crippen LogP) is 1.07. The Balaban J connectivity index is 2.57. The third-order valence-electron chi connectivity index (χ3n) is 1.36. The normalized spacial score (nSPS) is 12.9. The molecule has 0 aliphatic rings. The molecule has 1 atom stereocenters. The highest BCUT2D eigenvalue weighted by Gasteiger charge is 2.04. The number of rotatable bonds is 3. The van der Waals surface area contributed by atoms with Crippen molar-refractivity contribution in [1.29, 1.82) is 0 Å². The quantitative estimate of drug-likeness (QED) is 0.661. The molecule has 0 saturated heterocycles. The van der Waals surface area contributed by atoms with Gasteiger partial charge in [0.25, 0.3) is 0 Å². The average molecular weight is 153 g/mol. The van der Waals surface area contributed by atoms with E-state index in [1.165, 1.54) is 6.08 Å². The summed E-state index contributed by atoms with van der Waals surface area (Å²) in [5.74, 6) is 0.690. The summed E-state index contributed by atoms with van der Waals surface area (Å²) in [7, 11) is 0. The van der Waals surface area contributed by atoms with Gasteiger partial charge in [-0.05, 0) is 6.92 Å². The summed E-state index contributed by atoms with van der Waals surface area (Å²) in [6.07, 6.45) is 1.38. The third-order valence-corrected chi connectivity index (χ3v) is 1.36. The molecule has 1 heterocycles. The molecule has 0 saturated carbocycles. The van der Waals surface area contributed by atoms with Gasteiger partial charge in [0, 0.05) is 12.5 Å². The van der Waals surface area contributed by atoms with E-state index in [2.05, 4.69) is 11.7 Å². The van der Waals surface area contributed by atoms with Crippen LogP contribution in [0.15, 0.2) is 23.2 Å². The van der Waals surface area contributed by atoms with Crippen molar-refractivity contribution in [2.45, 2.75) is 19.4 Å². The number of hydrogen-bond donors (Lipinski definition) is 1. The molecule has 0 aliphatic carbocycles. The molecule has 0 fully saturated rings. The Kier molecular flexibility index (Phi) is 2.44. The smallest absolute Gasteiger partial charge is 0.139 e. The van der Waals surface area contributed by atoms with Crippen molar-refractivity contribution >= 4 is 0 Å². The van der Waals surface area contributed by atoms with E-state index in [4.69, 9.17) is 9.63 Å². The molecule has 0 spiro atoms. The van der Waals surface area contributed by atoms with Crippen LogP contribution in [0.2, 0.25) is 0 Å². The molecule has 1 aromatic rings. The van der Waals surface area contributed by atoms with Gasteiger partial charge in [0.15, 0.2) is 0 Å². The minimum atomic E-state index is -0.539. The average Bonchev–Trinajstić information content (AvgIpc) is 2.35. The Hall–Kier alpha value is -1.09. The molecule has 1 rings (SSSR count). The number of aliphatic hydroxyl groups is 1. The SMILES string of the molecule is C=CC(O)Cc1cc(C)no1. The summed E-state index contributed by atoms with van der Waals surface area (Å²) < 4.78 is 4.88. The van der Waals surface area contributed by atoms with Gasteiger partial charge in [-0.1, -0.05) is 11.2 Å². The van der Waals surface area contributed by atoms with Crippen LogP contribution in [0.5, 0.6) is 0 Å². The molecule has 0 bridgehead atoms. The predicted molar refractivity (Wildman–Crippen MR) is 41.1 cm³/mol. The van der Waals surface area contributed by atoms with Crippen LogP contribution in [0.1, 0.15) is 11.5 Å². The van der Waals surface area contributed by atoms with Crippen LogP contribution in [0.4, 0.5) is 0 Å². The van der Waals surface area contributed by atoms with E-state index in [9.17, 15) is 0 Å². The van der Waals surface area contributed by atoms with Crippen LogP contribution in [0.3, 0.4) is 0 Å². The Morgan fingerprint density at radius 3 is 3.09 bits per heavy atom. The molecule has 1 aromatic heterocycles. The molecule has 3 nitrogen and oxygen atoms in total. The molecular weight excluding hydrogens is 142 g/mol. The van der Waals surface area contributed by atoms with Crippen LogP contribution in [-0.2, 0) is 6.42 Å². The molecule has 1 unspecified atom stereocenters. The van der Waals surface area contributed by atoms with Gasteiger partial charge in [-0.3, -0.25) is 0 Å². The summed E-state index contributed by atoms with van der Waals surface area (Å²) >= 11 is 0. The largest absolute Gasteiger partial charge is 0.389 e. The van der Waals surface area contributed by atoms with E-state index in [1.54, 1.807) is 6.07 Å². The van der Waals surface area contributed by atoms with Crippen molar-refractivity contribution < 1.29 is 9.63 Å².